The molecule has 4 nitrogen and oxygen atoms in total. The average Bonchev–Trinajstić information content (AvgIpc) is 2.51. The molecule has 0 aliphatic rings. The summed E-state index contributed by atoms with van der Waals surface area (Å²) < 4.78 is 35.6. The van der Waals surface area contributed by atoms with E-state index in [4.69, 9.17) is 0 Å². The molecule has 0 saturated carbocycles. The Morgan fingerprint density at radius 1 is 1.38 bits per heavy atom. The summed E-state index contributed by atoms with van der Waals surface area (Å²) in [5.41, 5.74) is 1.51. The van der Waals surface area contributed by atoms with Crippen molar-refractivity contribution < 1.29 is 12.3 Å². The Labute approximate surface area is 92.9 Å². The topological polar surface area (TPSA) is 52.0 Å². The number of para-hydroxylation sites is 2. The number of nitrogens with zero attached hydrogens (tertiary/aromatic N) is 2. The van der Waals surface area contributed by atoms with E-state index < -0.39 is 16.0 Å². The zero-order valence-corrected chi connectivity index (χ0v) is 9.54. The summed E-state index contributed by atoms with van der Waals surface area (Å²) in [6.45, 7) is 2.42. The van der Waals surface area contributed by atoms with Crippen LogP contribution in [0, 0.1) is 0 Å². The maximum Gasteiger partial charge on any atom is 0.309 e. The molecule has 0 bridgehead atoms. The molecular formula is C10H11FN2O2S. The number of halogens is 1. The van der Waals surface area contributed by atoms with Gasteiger partial charge in [-0.3, -0.25) is 0 Å². The van der Waals surface area contributed by atoms with E-state index in [1.54, 1.807) is 10.6 Å². The SMILES string of the molecule is CCn1c(CS(=O)(=O)F)nc2ccccc21. The monoisotopic (exact) mass is 242 g/mol. The normalized spacial score (nSPS) is 12.1. The lowest BCUT2D eigenvalue weighted by atomic mass is 10.3. The number of rotatable bonds is 3. The van der Waals surface area contributed by atoms with Crippen molar-refractivity contribution in [2.24, 2.45) is 0 Å². The van der Waals surface area contributed by atoms with Gasteiger partial charge >= 0.3 is 10.2 Å². The van der Waals surface area contributed by atoms with Gasteiger partial charge in [0.05, 0.1) is 11.0 Å². The summed E-state index contributed by atoms with van der Waals surface area (Å²) in [7, 11) is -4.54. The summed E-state index contributed by atoms with van der Waals surface area (Å²) in [4.78, 5) is 4.11. The van der Waals surface area contributed by atoms with Crippen molar-refractivity contribution in [3.05, 3.63) is 30.1 Å². The highest BCUT2D eigenvalue weighted by atomic mass is 32.3. The lowest BCUT2D eigenvalue weighted by molar-refractivity contribution is 0.547. The van der Waals surface area contributed by atoms with E-state index in [1.807, 2.05) is 25.1 Å². The Morgan fingerprint density at radius 2 is 2.06 bits per heavy atom. The molecule has 0 fully saturated rings. The van der Waals surface area contributed by atoms with Gasteiger partial charge in [0.25, 0.3) is 0 Å². The number of benzene rings is 1. The van der Waals surface area contributed by atoms with Crippen LogP contribution in [0.3, 0.4) is 0 Å². The van der Waals surface area contributed by atoms with Crippen LogP contribution in [0.5, 0.6) is 0 Å². The third kappa shape index (κ3) is 2.06. The largest absolute Gasteiger partial charge is 0.327 e. The number of aromatic nitrogens is 2. The van der Waals surface area contributed by atoms with Crippen LogP contribution in [0.1, 0.15) is 12.7 Å². The fraction of sp³-hybridized carbons (Fsp3) is 0.300. The first-order valence-corrected chi connectivity index (χ1v) is 6.43. The maximum absolute atomic E-state index is 12.6. The minimum atomic E-state index is -4.54. The molecule has 0 atom stereocenters. The molecule has 1 aromatic heterocycles. The molecule has 86 valence electrons. The van der Waals surface area contributed by atoms with Gasteiger partial charge in [0.2, 0.25) is 0 Å². The van der Waals surface area contributed by atoms with Gasteiger partial charge in [-0.25, -0.2) is 4.98 Å². The van der Waals surface area contributed by atoms with Crippen molar-refractivity contribution in [3.63, 3.8) is 0 Å². The van der Waals surface area contributed by atoms with Crippen molar-refractivity contribution in [1.82, 2.24) is 9.55 Å². The maximum atomic E-state index is 12.6. The molecule has 1 heterocycles. The smallest absolute Gasteiger partial charge is 0.309 e. The molecule has 2 aromatic rings. The molecule has 6 heteroatoms. The molecule has 0 aliphatic heterocycles. The van der Waals surface area contributed by atoms with Crippen LogP contribution < -0.4 is 0 Å². The van der Waals surface area contributed by atoms with Crippen LogP contribution in [0.2, 0.25) is 0 Å². The van der Waals surface area contributed by atoms with Gasteiger partial charge in [-0.05, 0) is 19.1 Å². The summed E-state index contributed by atoms with van der Waals surface area (Å²) in [5.74, 6) is -0.429. The van der Waals surface area contributed by atoms with Crippen LogP contribution in [0.15, 0.2) is 24.3 Å². The lowest BCUT2D eigenvalue weighted by Crippen LogP contribution is -2.06. The van der Waals surface area contributed by atoms with E-state index >= 15 is 0 Å². The zero-order valence-electron chi connectivity index (χ0n) is 8.72. The van der Waals surface area contributed by atoms with Crippen molar-refractivity contribution >= 4 is 21.3 Å². The molecule has 0 unspecified atom stereocenters. The first-order valence-electron chi connectivity index (χ1n) is 4.87. The highest BCUT2D eigenvalue weighted by Crippen LogP contribution is 2.17. The zero-order chi connectivity index (χ0) is 11.8. The van der Waals surface area contributed by atoms with Gasteiger partial charge in [0.15, 0.2) is 0 Å². The Kier molecular flexibility index (Phi) is 2.67. The van der Waals surface area contributed by atoms with E-state index in [0.29, 0.717) is 12.1 Å². The Morgan fingerprint density at radius 3 is 2.69 bits per heavy atom. The number of imidazole rings is 1. The third-order valence-corrected chi connectivity index (χ3v) is 2.95. The van der Waals surface area contributed by atoms with E-state index in [0.717, 1.165) is 5.52 Å². The van der Waals surface area contributed by atoms with Crippen molar-refractivity contribution in [3.8, 4) is 0 Å². The van der Waals surface area contributed by atoms with Crippen LogP contribution in [0.25, 0.3) is 11.0 Å². The van der Waals surface area contributed by atoms with Gasteiger partial charge in [0.1, 0.15) is 11.6 Å². The van der Waals surface area contributed by atoms with Gasteiger partial charge in [-0.15, -0.1) is 3.89 Å². The van der Waals surface area contributed by atoms with E-state index in [9.17, 15) is 12.3 Å². The minimum absolute atomic E-state index is 0.242. The first kappa shape index (κ1) is 11.1. The van der Waals surface area contributed by atoms with E-state index in [2.05, 4.69) is 4.98 Å². The molecule has 0 radical (unpaired) electrons. The predicted molar refractivity (Wildman–Crippen MR) is 59.1 cm³/mol. The van der Waals surface area contributed by atoms with Crippen LogP contribution >= 0.6 is 0 Å². The molecule has 16 heavy (non-hydrogen) atoms. The summed E-state index contributed by atoms with van der Waals surface area (Å²) in [6.07, 6.45) is 0. The Hall–Kier alpha value is -1.43. The van der Waals surface area contributed by atoms with Crippen LogP contribution in [-0.4, -0.2) is 18.0 Å². The molecule has 0 saturated heterocycles. The Bertz CT molecular complexity index is 619. The molecule has 0 N–H and O–H groups in total. The van der Waals surface area contributed by atoms with Crippen LogP contribution in [-0.2, 0) is 22.5 Å². The molecule has 0 amide bonds. The van der Waals surface area contributed by atoms with Gasteiger partial charge in [-0.1, -0.05) is 12.1 Å². The molecule has 0 spiro atoms. The summed E-state index contributed by atoms with van der Waals surface area (Å²) in [5, 5.41) is 0. The fourth-order valence-electron chi connectivity index (χ4n) is 1.74. The first-order chi connectivity index (χ1) is 7.51. The van der Waals surface area contributed by atoms with E-state index in [1.165, 1.54) is 0 Å². The quantitative estimate of drug-likeness (QED) is 0.772. The molecular weight excluding hydrogens is 231 g/mol. The number of aryl methyl sites for hydroxylation is 1. The second kappa shape index (κ2) is 3.86. The Balaban J connectivity index is 2.61. The molecule has 2 rings (SSSR count). The number of hydrogen-bond acceptors (Lipinski definition) is 3. The highest BCUT2D eigenvalue weighted by molar-refractivity contribution is 7.85. The van der Waals surface area contributed by atoms with Gasteiger partial charge in [0, 0.05) is 6.54 Å². The molecule has 0 aliphatic carbocycles. The number of hydrogen-bond donors (Lipinski definition) is 0. The summed E-state index contributed by atoms with van der Waals surface area (Å²) in [6, 6.07) is 7.25. The fourth-order valence-corrected chi connectivity index (χ4v) is 2.27. The predicted octanol–water partition coefficient (Wildman–Crippen LogP) is 1.86. The summed E-state index contributed by atoms with van der Waals surface area (Å²) >= 11 is 0. The van der Waals surface area contributed by atoms with Crippen molar-refractivity contribution in [2.75, 3.05) is 0 Å². The third-order valence-electron chi connectivity index (χ3n) is 2.35. The van der Waals surface area contributed by atoms with E-state index in [-0.39, 0.29) is 5.82 Å². The second-order valence-corrected chi connectivity index (χ2v) is 4.81. The van der Waals surface area contributed by atoms with Crippen LogP contribution in [0.4, 0.5) is 3.89 Å². The lowest BCUT2D eigenvalue weighted by Gasteiger charge is -2.03. The molecule has 1 aromatic carbocycles. The standard InChI is InChI=1S/C10H11FN2O2S/c1-2-13-9-6-4-3-5-8(9)12-10(13)7-16(11,14)15/h3-6H,2,7H2,1H3. The van der Waals surface area contributed by atoms with Crippen molar-refractivity contribution in [1.29, 1.82) is 0 Å². The van der Waals surface area contributed by atoms with Gasteiger partial charge < -0.3 is 4.57 Å². The van der Waals surface area contributed by atoms with Crippen molar-refractivity contribution in [2.45, 2.75) is 19.2 Å². The average molecular weight is 242 g/mol. The highest BCUT2D eigenvalue weighted by Gasteiger charge is 2.16. The minimum Gasteiger partial charge on any atom is -0.327 e. The second-order valence-electron chi connectivity index (χ2n) is 3.44. The van der Waals surface area contributed by atoms with Gasteiger partial charge in [-0.2, -0.15) is 8.42 Å². The number of fused-ring (bicyclic) bond motifs is 1.